The first-order chi connectivity index (χ1) is 11.6. The van der Waals surface area contributed by atoms with Crippen LogP contribution in [0.5, 0.6) is 0 Å². The van der Waals surface area contributed by atoms with E-state index in [1.54, 1.807) is 17.9 Å². The summed E-state index contributed by atoms with van der Waals surface area (Å²) < 4.78 is 3.17. The molecule has 3 aromatic rings. The highest BCUT2D eigenvalue weighted by atomic mass is 16.2. The normalized spacial score (nSPS) is 11.9. The van der Waals surface area contributed by atoms with Crippen molar-refractivity contribution < 1.29 is 4.79 Å². The molecule has 6 heteroatoms. The number of aryl methyl sites for hydroxylation is 1. The Bertz CT molecular complexity index is 870. The molecule has 1 aromatic carbocycles. The molecule has 3 rings (SSSR count). The summed E-state index contributed by atoms with van der Waals surface area (Å²) in [6.07, 6.45) is 5.10. The van der Waals surface area contributed by atoms with Gasteiger partial charge in [-0.15, -0.1) is 0 Å². The number of aromatic nitrogens is 3. The minimum Gasteiger partial charge on any atom is -0.343 e. The summed E-state index contributed by atoms with van der Waals surface area (Å²) in [5, 5.41) is 7.23. The Balaban J connectivity index is 1.84. The number of rotatable bonds is 5. The smallest absolute Gasteiger partial charge is 0.253 e. The van der Waals surface area contributed by atoms with Crippen molar-refractivity contribution in [1.29, 1.82) is 0 Å². The molecule has 1 amide bonds. The zero-order chi connectivity index (χ0) is 16.9. The molecular weight excluding hydrogens is 304 g/mol. The fourth-order valence-electron chi connectivity index (χ4n) is 2.49. The Morgan fingerprint density at radius 1 is 1.17 bits per heavy atom. The number of carbonyl (C=O) groups is 1. The van der Waals surface area contributed by atoms with Gasteiger partial charge in [0.05, 0.1) is 18.2 Å². The molecule has 0 aliphatic rings. The number of benzene rings is 1. The van der Waals surface area contributed by atoms with Crippen LogP contribution >= 0.6 is 0 Å². The highest BCUT2D eigenvalue weighted by Crippen LogP contribution is 2.15. The van der Waals surface area contributed by atoms with Crippen LogP contribution in [0.25, 0.3) is 0 Å². The van der Waals surface area contributed by atoms with E-state index in [2.05, 4.69) is 10.4 Å². The van der Waals surface area contributed by atoms with Gasteiger partial charge in [-0.25, -0.2) is 0 Å². The molecule has 0 saturated heterocycles. The third kappa shape index (κ3) is 3.60. The lowest BCUT2D eigenvalue weighted by Gasteiger charge is -2.19. The molecule has 0 spiro atoms. The average Bonchev–Trinajstić information content (AvgIpc) is 3.10. The maximum Gasteiger partial charge on any atom is 0.253 e. The van der Waals surface area contributed by atoms with Gasteiger partial charge in [-0.2, -0.15) is 5.10 Å². The van der Waals surface area contributed by atoms with E-state index < -0.39 is 0 Å². The van der Waals surface area contributed by atoms with Gasteiger partial charge in [-0.3, -0.25) is 14.3 Å². The van der Waals surface area contributed by atoms with E-state index >= 15 is 0 Å². The summed E-state index contributed by atoms with van der Waals surface area (Å²) in [6.45, 7) is 0.522. The Hall–Kier alpha value is -3.15. The van der Waals surface area contributed by atoms with Crippen LogP contribution in [0.1, 0.15) is 22.0 Å². The summed E-state index contributed by atoms with van der Waals surface area (Å²) in [7, 11) is 1.62. The molecule has 0 saturated carbocycles. The maximum atomic E-state index is 12.6. The van der Waals surface area contributed by atoms with E-state index in [0.29, 0.717) is 12.1 Å². The Kier molecular flexibility index (Phi) is 4.56. The van der Waals surface area contributed by atoms with Gasteiger partial charge in [0, 0.05) is 31.7 Å². The molecule has 6 nitrogen and oxygen atoms in total. The molecule has 0 unspecified atom stereocenters. The molecule has 2 heterocycles. The molecule has 1 N–H and O–H groups in total. The first-order valence-electron chi connectivity index (χ1n) is 7.63. The highest BCUT2D eigenvalue weighted by molar-refractivity contribution is 5.94. The number of nitrogens with one attached hydrogen (secondary N) is 1. The number of pyridine rings is 1. The van der Waals surface area contributed by atoms with Crippen molar-refractivity contribution in [2.45, 2.75) is 12.6 Å². The summed E-state index contributed by atoms with van der Waals surface area (Å²) in [6, 6.07) is 14.3. The van der Waals surface area contributed by atoms with E-state index in [9.17, 15) is 9.59 Å². The third-order valence-electron chi connectivity index (χ3n) is 3.78. The molecule has 0 aliphatic carbocycles. The van der Waals surface area contributed by atoms with Crippen LogP contribution < -0.4 is 10.9 Å². The molecule has 0 fully saturated rings. The van der Waals surface area contributed by atoms with Crippen molar-refractivity contribution in [3.63, 3.8) is 0 Å². The summed E-state index contributed by atoms with van der Waals surface area (Å²) in [5.41, 5.74) is 1.28. The SMILES string of the molecule is Cn1cc(C(=O)N[C@@H](Cn2cccn2)c2ccccc2)ccc1=O. The Morgan fingerprint density at radius 3 is 2.62 bits per heavy atom. The lowest BCUT2D eigenvalue weighted by atomic mass is 10.1. The van der Waals surface area contributed by atoms with E-state index in [4.69, 9.17) is 0 Å². The van der Waals surface area contributed by atoms with Crippen LogP contribution in [0.4, 0.5) is 0 Å². The number of carbonyl (C=O) groups excluding carboxylic acids is 1. The largest absolute Gasteiger partial charge is 0.343 e. The molecule has 24 heavy (non-hydrogen) atoms. The molecule has 122 valence electrons. The quantitative estimate of drug-likeness (QED) is 0.778. The van der Waals surface area contributed by atoms with Gasteiger partial charge in [-0.05, 0) is 17.7 Å². The Labute approximate surface area is 139 Å². The van der Waals surface area contributed by atoms with E-state index in [0.717, 1.165) is 5.56 Å². The van der Waals surface area contributed by atoms with E-state index in [1.165, 1.54) is 22.9 Å². The average molecular weight is 322 g/mol. The van der Waals surface area contributed by atoms with Crippen LogP contribution in [-0.2, 0) is 13.6 Å². The fraction of sp³-hybridized carbons (Fsp3) is 0.167. The van der Waals surface area contributed by atoms with Gasteiger partial charge < -0.3 is 9.88 Å². The molecule has 1 atom stereocenters. The van der Waals surface area contributed by atoms with Crippen LogP contribution in [0.3, 0.4) is 0 Å². The van der Waals surface area contributed by atoms with Crippen molar-refractivity contribution >= 4 is 5.91 Å². The van der Waals surface area contributed by atoms with Crippen LogP contribution in [0, 0.1) is 0 Å². The van der Waals surface area contributed by atoms with Crippen molar-refractivity contribution in [3.8, 4) is 0 Å². The van der Waals surface area contributed by atoms with Gasteiger partial charge in [0.25, 0.3) is 5.91 Å². The second kappa shape index (κ2) is 6.95. The maximum absolute atomic E-state index is 12.6. The van der Waals surface area contributed by atoms with Crippen molar-refractivity contribution in [2.75, 3.05) is 0 Å². The standard InChI is InChI=1S/C18H18N4O2/c1-21-12-15(8-9-17(21)23)18(24)20-16(13-22-11-5-10-19-22)14-6-3-2-4-7-14/h2-12,16H,13H2,1H3,(H,20,24)/t16-/m0/s1. The van der Waals surface area contributed by atoms with E-state index in [1.807, 2.05) is 42.6 Å². The van der Waals surface area contributed by atoms with Crippen molar-refractivity contribution in [3.05, 3.63) is 88.6 Å². The second-order valence-electron chi connectivity index (χ2n) is 5.53. The summed E-state index contributed by atoms with van der Waals surface area (Å²) in [4.78, 5) is 24.0. The minimum atomic E-state index is -0.230. The van der Waals surface area contributed by atoms with Crippen LogP contribution in [-0.4, -0.2) is 20.3 Å². The van der Waals surface area contributed by atoms with Gasteiger partial charge in [0.2, 0.25) is 5.56 Å². The summed E-state index contributed by atoms with van der Waals surface area (Å²) >= 11 is 0. The number of hydrogen-bond donors (Lipinski definition) is 1. The lowest BCUT2D eigenvalue weighted by molar-refractivity contribution is 0.0931. The lowest BCUT2D eigenvalue weighted by Crippen LogP contribution is -2.32. The van der Waals surface area contributed by atoms with Gasteiger partial charge >= 0.3 is 0 Å². The molecule has 0 bridgehead atoms. The molecular formula is C18H18N4O2. The van der Waals surface area contributed by atoms with Crippen molar-refractivity contribution in [1.82, 2.24) is 19.7 Å². The fourth-order valence-corrected chi connectivity index (χ4v) is 2.49. The second-order valence-corrected chi connectivity index (χ2v) is 5.53. The third-order valence-corrected chi connectivity index (χ3v) is 3.78. The number of nitrogens with zero attached hydrogens (tertiary/aromatic N) is 3. The van der Waals surface area contributed by atoms with Crippen LogP contribution in [0.2, 0.25) is 0 Å². The topological polar surface area (TPSA) is 68.9 Å². The number of amides is 1. The minimum absolute atomic E-state index is 0.150. The van der Waals surface area contributed by atoms with Gasteiger partial charge in [-0.1, -0.05) is 30.3 Å². The van der Waals surface area contributed by atoms with Gasteiger partial charge in [0.1, 0.15) is 0 Å². The van der Waals surface area contributed by atoms with E-state index in [-0.39, 0.29) is 17.5 Å². The van der Waals surface area contributed by atoms with Gasteiger partial charge in [0.15, 0.2) is 0 Å². The first kappa shape index (κ1) is 15.7. The zero-order valence-electron chi connectivity index (χ0n) is 13.3. The predicted molar refractivity (Wildman–Crippen MR) is 90.6 cm³/mol. The summed E-state index contributed by atoms with van der Waals surface area (Å²) in [5.74, 6) is -0.230. The van der Waals surface area contributed by atoms with Crippen molar-refractivity contribution in [2.24, 2.45) is 7.05 Å². The predicted octanol–water partition coefficient (Wildman–Crippen LogP) is 1.75. The molecule has 2 aromatic heterocycles. The molecule has 0 aliphatic heterocycles. The highest BCUT2D eigenvalue weighted by Gasteiger charge is 2.17. The zero-order valence-corrected chi connectivity index (χ0v) is 13.3. The Morgan fingerprint density at radius 2 is 1.96 bits per heavy atom. The first-order valence-corrected chi connectivity index (χ1v) is 7.63. The monoisotopic (exact) mass is 322 g/mol. The molecule has 0 radical (unpaired) electrons. The number of hydrogen-bond acceptors (Lipinski definition) is 3. The van der Waals surface area contributed by atoms with Crippen LogP contribution in [0.15, 0.2) is 71.9 Å².